The standard InChI is InChI=1S/C20H20N2O4/c23-17-9-12-26-18-8-7-14(13-15(17)18)21-20(24)22-10-3-1-2-5-16(22)19-6-4-11-25-19/h4,6-9,11-13,16H,1-3,5,10H2,(H,21,24)/t16-/m1/s1. The van der Waals surface area contributed by atoms with Gasteiger partial charge in [-0.3, -0.25) is 4.79 Å². The summed E-state index contributed by atoms with van der Waals surface area (Å²) in [6.07, 6.45) is 7.01. The van der Waals surface area contributed by atoms with Gasteiger partial charge in [-0.15, -0.1) is 0 Å². The van der Waals surface area contributed by atoms with Gasteiger partial charge >= 0.3 is 6.03 Å². The van der Waals surface area contributed by atoms with E-state index in [1.54, 1.807) is 24.5 Å². The van der Waals surface area contributed by atoms with Gasteiger partial charge < -0.3 is 19.1 Å². The molecule has 1 saturated heterocycles. The van der Waals surface area contributed by atoms with Gasteiger partial charge in [0.1, 0.15) is 11.3 Å². The van der Waals surface area contributed by atoms with Crippen molar-refractivity contribution in [3.63, 3.8) is 0 Å². The first-order chi connectivity index (χ1) is 12.7. The van der Waals surface area contributed by atoms with Crippen molar-refractivity contribution in [2.24, 2.45) is 0 Å². The molecule has 0 radical (unpaired) electrons. The molecular formula is C20H20N2O4. The van der Waals surface area contributed by atoms with E-state index in [0.29, 0.717) is 23.2 Å². The number of likely N-dealkylation sites (tertiary alicyclic amines) is 1. The van der Waals surface area contributed by atoms with Crippen LogP contribution in [0.1, 0.15) is 37.5 Å². The summed E-state index contributed by atoms with van der Waals surface area (Å²) in [6.45, 7) is 0.674. The Bertz CT molecular complexity index is 961. The average molecular weight is 352 g/mol. The van der Waals surface area contributed by atoms with Crippen molar-refractivity contribution in [3.05, 3.63) is 64.9 Å². The van der Waals surface area contributed by atoms with Crippen LogP contribution < -0.4 is 10.7 Å². The molecule has 4 rings (SSSR count). The molecule has 0 saturated carbocycles. The van der Waals surface area contributed by atoms with Crippen LogP contribution >= 0.6 is 0 Å². The Morgan fingerprint density at radius 3 is 2.85 bits per heavy atom. The van der Waals surface area contributed by atoms with Crippen molar-refractivity contribution >= 4 is 22.7 Å². The van der Waals surface area contributed by atoms with Crippen molar-refractivity contribution in [1.29, 1.82) is 0 Å². The van der Waals surface area contributed by atoms with Crippen LogP contribution in [-0.2, 0) is 0 Å². The van der Waals surface area contributed by atoms with Crippen molar-refractivity contribution in [1.82, 2.24) is 4.90 Å². The summed E-state index contributed by atoms with van der Waals surface area (Å²) in [5, 5.41) is 3.36. The third-order valence-electron chi connectivity index (χ3n) is 4.80. The number of furan rings is 1. The van der Waals surface area contributed by atoms with E-state index in [0.717, 1.165) is 31.4 Å². The predicted octanol–water partition coefficient (Wildman–Crippen LogP) is 4.54. The van der Waals surface area contributed by atoms with Crippen molar-refractivity contribution in [2.45, 2.75) is 31.7 Å². The number of urea groups is 1. The average Bonchev–Trinajstić information content (AvgIpc) is 3.06. The maximum Gasteiger partial charge on any atom is 0.322 e. The van der Waals surface area contributed by atoms with Crippen molar-refractivity contribution in [2.75, 3.05) is 11.9 Å². The zero-order chi connectivity index (χ0) is 17.9. The van der Waals surface area contributed by atoms with E-state index in [1.807, 2.05) is 17.0 Å². The van der Waals surface area contributed by atoms with E-state index < -0.39 is 0 Å². The zero-order valence-electron chi connectivity index (χ0n) is 14.3. The van der Waals surface area contributed by atoms with E-state index in [-0.39, 0.29) is 17.5 Å². The van der Waals surface area contributed by atoms with Gasteiger partial charge in [-0.05, 0) is 43.2 Å². The molecule has 1 N–H and O–H groups in total. The quantitative estimate of drug-likeness (QED) is 0.735. The molecule has 6 heteroatoms. The number of hydrogen-bond acceptors (Lipinski definition) is 4. The summed E-state index contributed by atoms with van der Waals surface area (Å²) in [5.41, 5.74) is 0.938. The number of fused-ring (bicyclic) bond motifs is 1. The topological polar surface area (TPSA) is 75.7 Å². The van der Waals surface area contributed by atoms with E-state index in [4.69, 9.17) is 8.83 Å². The van der Waals surface area contributed by atoms with E-state index in [1.165, 1.54) is 12.3 Å². The van der Waals surface area contributed by atoms with E-state index in [2.05, 4.69) is 5.32 Å². The highest BCUT2D eigenvalue weighted by Gasteiger charge is 2.28. The smallest absolute Gasteiger partial charge is 0.322 e. The minimum absolute atomic E-state index is 0.0713. The molecule has 0 unspecified atom stereocenters. The highest BCUT2D eigenvalue weighted by atomic mass is 16.3. The molecule has 1 fully saturated rings. The van der Waals surface area contributed by atoms with Gasteiger partial charge in [0.25, 0.3) is 0 Å². The Labute approximate surface area is 150 Å². The molecule has 0 aliphatic carbocycles. The molecule has 6 nitrogen and oxygen atoms in total. The van der Waals surface area contributed by atoms with E-state index >= 15 is 0 Å². The number of hydrogen-bond donors (Lipinski definition) is 1. The lowest BCUT2D eigenvalue weighted by Gasteiger charge is -2.28. The second kappa shape index (κ2) is 7.07. The molecule has 3 aromatic rings. The van der Waals surface area contributed by atoms with Crippen LogP contribution in [-0.4, -0.2) is 17.5 Å². The summed E-state index contributed by atoms with van der Waals surface area (Å²) in [5.74, 6) is 0.807. The maximum absolute atomic E-state index is 12.9. The Morgan fingerprint density at radius 1 is 1.08 bits per heavy atom. The lowest BCUT2D eigenvalue weighted by molar-refractivity contribution is 0.179. The fourth-order valence-electron chi connectivity index (χ4n) is 3.49. The molecule has 0 bridgehead atoms. The molecule has 134 valence electrons. The monoisotopic (exact) mass is 352 g/mol. The molecule has 1 aliphatic heterocycles. The van der Waals surface area contributed by atoms with Gasteiger partial charge in [0.15, 0.2) is 5.43 Å². The lowest BCUT2D eigenvalue weighted by Crippen LogP contribution is -2.37. The molecule has 0 spiro atoms. The first-order valence-electron chi connectivity index (χ1n) is 8.85. The maximum atomic E-state index is 12.9. The van der Waals surface area contributed by atoms with Gasteiger partial charge in [-0.25, -0.2) is 4.79 Å². The second-order valence-electron chi connectivity index (χ2n) is 6.50. The Morgan fingerprint density at radius 2 is 2.00 bits per heavy atom. The molecule has 3 heterocycles. The van der Waals surface area contributed by atoms with Gasteiger partial charge in [0, 0.05) is 18.3 Å². The predicted molar refractivity (Wildman–Crippen MR) is 98.1 cm³/mol. The summed E-state index contributed by atoms with van der Waals surface area (Å²) in [4.78, 5) is 26.7. The summed E-state index contributed by atoms with van der Waals surface area (Å²) in [6, 6.07) is 9.96. The van der Waals surface area contributed by atoms with Crippen LogP contribution in [0, 0.1) is 0 Å². The second-order valence-corrected chi connectivity index (χ2v) is 6.50. The van der Waals surface area contributed by atoms with Crippen LogP contribution in [0.15, 0.2) is 62.6 Å². The number of rotatable bonds is 2. The Hall–Kier alpha value is -3.02. The molecule has 1 atom stereocenters. The molecule has 2 aromatic heterocycles. The number of anilines is 1. The summed E-state index contributed by atoms with van der Waals surface area (Å²) >= 11 is 0. The first kappa shape index (κ1) is 16.4. The number of benzene rings is 1. The first-order valence-corrected chi connectivity index (χ1v) is 8.85. The fraction of sp³-hybridized carbons (Fsp3) is 0.300. The van der Waals surface area contributed by atoms with Crippen molar-refractivity contribution < 1.29 is 13.6 Å². The Kier molecular flexibility index (Phi) is 4.48. The minimum atomic E-state index is -0.187. The molecule has 1 aliphatic rings. The van der Waals surface area contributed by atoms with Crippen LogP contribution in [0.4, 0.5) is 10.5 Å². The Balaban J connectivity index is 1.59. The number of amides is 2. The molecule has 2 amide bonds. The van der Waals surface area contributed by atoms with Gasteiger partial charge in [-0.1, -0.05) is 12.8 Å². The lowest BCUT2D eigenvalue weighted by atomic mass is 10.1. The number of nitrogens with zero attached hydrogens (tertiary/aromatic N) is 1. The van der Waals surface area contributed by atoms with Crippen LogP contribution in [0.2, 0.25) is 0 Å². The fourth-order valence-corrected chi connectivity index (χ4v) is 3.49. The third kappa shape index (κ3) is 3.22. The van der Waals surface area contributed by atoms with E-state index in [9.17, 15) is 9.59 Å². The summed E-state index contributed by atoms with van der Waals surface area (Å²) in [7, 11) is 0. The van der Waals surface area contributed by atoms with Crippen LogP contribution in [0.3, 0.4) is 0 Å². The number of nitrogens with one attached hydrogen (secondary N) is 1. The van der Waals surface area contributed by atoms with Crippen molar-refractivity contribution in [3.8, 4) is 0 Å². The third-order valence-corrected chi connectivity index (χ3v) is 4.80. The SMILES string of the molecule is O=C(Nc1ccc2occc(=O)c2c1)N1CCCCC[C@@H]1c1ccco1. The van der Waals surface area contributed by atoms with Gasteiger partial charge in [-0.2, -0.15) is 0 Å². The minimum Gasteiger partial charge on any atom is -0.467 e. The number of carbonyl (C=O) groups excluding carboxylic acids is 1. The van der Waals surface area contributed by atoms with Crippen LogP contribution in [0.5, 0.6) is 0 Å². The molecule has 26 heavy (non-hydrogen) atoms. The highest BCUT2D eigenvalue weighted by Crippen LogP contribution is 2.31. The molecular weight excluding hydrogens is 332 g/mol. The van der Waals surface area contributed by atoms with Crippen LogP contribution in [0.25, 0.3) is 11.0 Å². The molecule has 1 aromatic carbocycles. The highest BCUT2D eigenvalue weighted by molar-refractivity contribution is 5.92. The van der Waals surface area contributed by atoms with Gasteiger partial charge in [0.2, 0.25) is 0 Å². The summed E-state index contributed by atoms with van der Waals surface area (Å²) < 4.78 is 10.9. The normalized spacial score (nSPS) is 17.8. The largest absolute Gasteiger partial charge is 0.467 e. The zero-order valence-corrected chi connectivity index (χ0v) is 14.3. The van der Waals surface area contributed by atoms with Gasteiger partial charge in [0.05, 0.1) is 24.0 Å². The number of carbonyl (C=O) groups is 1.